The fraction of sp³-hybridized carbons (Fsp3) is 0.947. The highest BCUT2D eigenvalue weighted by molar-refractivity contribution is 5.80. The Labute approximate surface area is 132 Å². The van der Waals surface area contributed by atoms with Crippen molar-refractivity contribution < 1.29 is 9.90 Å². The molecule has 0 heterocycles. The molecule has 1 atom stereocenters. The van der Waals surface area contributed by atoms with Gasteiger partial charge in [0.15, 0.2) is 0 Å². The molecule has 0 saturated carbocycles. The first-order valence-electron chi connectivity index (χ1n) is 9.28. The minimum atomic E-state index is -0.0782. The van der Waals surface area contributed by atoms with Gasteiger partial charge < -0.3 is 5.11 Å². The molecule has 0 aromatic carbocycles. The largest absolute Gasteiger partial charge is 0.393 e. The SMILES string of the molecule is CCCCCCC(O)CCCCCCCCC(=O)C(C)C. The van der Waals surface area contributed by atoms with Crippen LogP contribution in [0.5, 0.6) is 0 Å². The first-order chi connectivity index (χ1) is 10.1. The highest BCUT2D eigenvalue weighted by Crippen LogP contribution is 2.14. The molecular formula is C19H38O2. The minimum Gasteiger partial charge on any atom is -0.393 e. The Morgan fingerprint density at radius 3 is 1.81 bits per heavy atom. The van der Waals surface area contributed by atoms with Crippen molar-refractivity contribution in [2.24, 2.45) is 5.92 Å². The monoisotopic (exact) mass is 298 g/mol. The lowest BCUT2D eigenvalue weighted by Gasteiger charge is -2.10. The second-order valence-electron chi connectivity index (χ2n) is 6.78. The third kappa shape index (κ3) is 14.3. The minimum absolute atomic E-state index is 0.0782. The third-order valence-corrected chi connectivity index (χ3v) is 4.25. The number of hydrogen-bond acceptors (Lipinski definition) is 2. The fourth-order valence-corrected chi connectivity index (χ4v) is 2.63. The van der Waals surface area contributed by atoms with E-state index in [9.17, 15) is 9.90 Å². The Balaban J connectivity index is 3.23. The summed E-state index contributed by atoms with van der Waals surface area (Å²) in [5, 5.41) is 9.86. The van der Waals surface area contributed by atoms with E-state index < -0.39 is 0 Å². The van der Waals surface area contributed by atoms with Crippen LogP contribution in [0.3, 0.4) is 0 Å². The Hall–Kier alpha value is -0.370. The van der Waals surface area contributed by atoms with Gasteiger partial charge in [0, 0.05) is 12.3 Å². The number of ketones is 1. The van der Waals surface area contributed by atoms with Crippen LogP contribution in [0.15, 0.2) is 0 Å². The van der Waals surface area contributed by atoms with Gasteiger partial charge in [-0.05, 0) is 19.3 Å². The summed E-state index contributed by atoms with van der Waals surface area (Å²) in [6.07, 6.45) is 14.7. The molecule has 0 aliphatic rings. The number of aliphatic hydroxyl groups is 1. The van der Waals surface area contributed by atoms with Gasteiger partial charge in [-0.3, -0.25) is 4.79 Å². The van der Waals surface area contributed by atoms with Gasteiger partial charge in [-0.25, -0.2) is 0 Å². The molecule has 0 aliphatic heterocycles. The van der Waals surface area contributed by atoms with Gasteiger partial charge in [0.2, 0.25) is 0 Å². The summed E-state index contributed by atoms with van der Waals surface area (Å²) < 4.78 is 0. The summed E-state index contributed by atoms with van der Waals surface area (Å²) in [6, 6.07) is 0. The van der Waals surface area contributed by atoms with Gasteiger partial charge in [-0.2, -0.15) is 0 Å². The van der Waals surface area contributed by atoms with Crippen molar-refractivity contribution in [1.82, 2.24) is 0 Å². The van der Waals surface area contributed by atoms with E-state index >= 15 is 0 Å². The van der Waals surface area contributed by atoms with E-state index in [-0.39, 0.29) is 12.0 Å². The summed E-state index contributed by atoms with van der Waals surface area (Å²) >= 11 is 0. The average molecular weight is 299 g/mol. The van der Waals surface area contributed by atoms with Crippen LogP contribution in [-0.2, 0) is 4.79 Å². The van der Waals surface area contributed by atoms with E-state index in [0.29, 0.717) is 5.78 Å². The Kier molecular flexibility index (Phi) is 14.3. The van der Waals surface area contributed by atoms with Gasteiger partial charge in [-0.15, -0.1) is 0 Å². The van der Waals surface area contributed by atoms with E-state index in [0.717, 1.165) is 32.1 Å². The Morgan fingerprint density at radius 1 is 0.810 bits per heavy atom. The quantitative estimate of drug-likeness (QED) is 0.396. The number of Topliss-reactive ketones (excluding diaryl/α,β-unsaturated/α-hetero) is 1. The lowest BCUT2D eigenvalue weighted by atomic mass is 10.0. The normalized spacial score (nSPS) is 12.8. The zero-order chi connectivity index (χ0) is 15.9. The molecule has 0 spiro atoms. The second-order valence-corrected chi connectivity index (χ2v) is 6.78. The summed E-state index contributed by atoms with van der Waals surface area (Å²) in [5.74, 6) is 0.602. The molecule has 1 N–H and O–H groups in total. The van der Waals surface area contributed by atoms with E-state index in [4.69, 9.17) is 0 Å². The topological polar surface area (TPSA) is 37.3 Å². The lowest BCUT2D eigenvalue weighted by Crippen LogP contribution is -2.06. The van der Waals surface area contributed by atoms with Crippen molar-refractivity contribution in [3.05, 3.63) is 0 Å². The summed E-state index contributed by atoms with van der Waals surface area (Å²) in [5.41, 5.74) is 0. The molecule has 2 nitrogen and oxygen atoms in total. The number of rotatable bonds is 15. The van der Waals surface area contributed by atoms with Crippen LogP contribution in [0, 0.1) is 5.92 Å². The molecule has 126 valence electrons. The van der Waals surface area contributed by atoms with Gasteiger partial charge in [-0.1, -0.05) is 78.6 Å². The van der Waals surface area contributed by atoms with Crippen molar-refractivity contribution in [1.29, 1.82) is 0 Å². The van der Waals surface area contributed by atoms with Crippen LogP contribution < -0.4 is 0 Å². The molecule has 0 aromatic rings. The average Bonchev–Trinajstić information content (AvgIpc) is 2.46. The molecule has 0 fully saturated rings. The van der Waals surface area contributed by atoms with Crippen LogP contribution >= 0.6 is 0 Å². The maximum Gasteiger partial charge on any atom is 0.135 e. The van der Waals surface area contributed by atoms with Crippen LogP contribution in [0.25, 0.3) is 0 Å². The van der Waals surface area contributed by atoms with Crippen LogP contribution in [-0.4, -0.2) is 17.0 Å². The molecule has 0 saturated heterocycles. The molecule has 2 heteroatoms. The van der Waals surface area contributed by atoms with E-state index in [2.05, 4.69) is 6.92 Å². The molecule has 0 radical (unpaired) electrons. The van der Waals surface area contributed by atoms with Gasteiger partial charge in [0.1, 0.15) is 5.78 Å². The second kappa shape index (κ2) is 14.6. The van der Waals surface area contributed by atoms with Crippen molar-refractivity contribution in [2.75, 3.05) is 0 Å². The van der Waals surface area contributed by atoms with Crippen LogP contribution in [0.2, 0.25) is 0 Å². The Bertz CT molecular complexity index is 236. The van der Waals surface area contributed by atoms with Crippen molar-refractivity contribution in [3.63, 3.8) is 0 Å². The number of aliphatic hydroxyl groups excluding tert-OH is 1. The Morgan fingerprint density at radius 2 is 1.29 bits per heavy atom. The molecule has 0 rings (SSSR count). The highest BCUT2D eigenvalue weighted by atomic mass is 16.3. The van der Waals surface area contributed by atoms with Crippen molar-refractivity contribution >= 4 is 5.78 Å². The zero-order valence-corrected chi connectivity index (χ0v) is 14.7. The summed E-state index contributed by atoms with van der Waals surface area (Å²) in [4.78, 5) is 11.5. The number of carbonyl (C=O) groups is 1. The first-order valence-corrected chi connectivity index (χ1v) is 9.28. The number of hydrogen-bond donors (Lipinski definition) is 1. The van der Waals surface area contributed by atoms with Crippen molar-refractivity contribution in [3.8, 4) is 0 Å². The smallest absolute Gasteiger partial charge is 0.135 e. The van der Waals surface area contributed by atoms with Crippen molar-refractivity contribution in [2.45, 2.75) is 110 Å². The van der Waals surface area contributed by atoms with E-state index in [1.165, 1.54) is 51.4 Å². The third-order valence-electron chi connectivity index (χ3n) is 4.25. The summed E-state index contributed by atoms with van der Waals surface area (Å²) in [7, 11) is 0. The van der Waals surface area contributed by atoms with E-state index in [1.807, 2.05) is 13.8 Å². The fourth-order valence-electron chi connectivity index (χ4n) is 2.63. The zero-order valence-electron chi connectivity index (χ0n) is 14.7. The van der Waals surface area contributed by atoms with Gasteiger partial charge in [0.05, 0.1) is 6.10 Å². The number of unbranched alkanes of at least 4 members (excludes halogenated alkanes) is 8. The van der Waals surface area contributed by atoms with Crippen LogP contribution in [0.1, 0.15) is 104 Å². The highest BCUT2D eigenvalue weighted by Gasteiger charge is 2.06. The maximum atomic E-state index is 11.5. The molecule has 0 aliphatic carbocycles. The maximum absolute atomic E-state index is 11.5. The number of carbonyl (C=O) groups excluding carboxylic acids is 1. The first kappa shape index (κ1) is 20.6. The standard InChI is InChI=1S/C19H38O2/c1-4-5-6-11-14-18(20)15-12-9-7-8-10-13-16-19(21)17(2)3/h17-18,20H,4-16H2,1-3H3. The van der Waals surface area contributed by atoms with Crippen LogP contribution in [0.4, 0.5) is 0 Å². The van der Waals surface area contributed by atoms with Gasteiger partial charge in [0.25, 0.3) is 0 Å². The molecule has 0 bridgehead atoms. The molecule has 21 heavy (non-hydrogen) atoms. The lowest BCUT2D eigenvalue weighted by molar-refractivity contribution is -0.122. The summed E-state index contributed by atoms with van der Waals surface area (Å²) in [6.45, 7) is 6.18. The predicted octanol–water partition coefficient (Wildman–Crippen LogP) is 5.66. The molecule has 0 amide bonds. The molecule has 0 aromatic heterocycles. The predicted molar refractivity (Wildman–Crippen MR) is 91.5 cm³/mol. The van der Waals surface area contributed by atoms with Gasteiger partial charge >= 0.3 is 0 Å². The molecule has 1 unspecified atom stereocenters. The molecular weight excluding hydrogens is 260 g/mol. The van der Waals surface area contributed by atoms with E-state index in [1.54, 1.807) is 0 Å².